The molecule has 1 aliphatic rings. The average Bonchev–Trinajstić information content (AvgIpc) is 3.03. The molecular formula is C34H34N8O. The quantitative estimate of drug-likeness (QED) is 0.286. The van der Waals surface area contributed by atoms with E-state index in [1.165, 1.54) is 5.69 Å². The summed E-state index contributed by atoms with van der Waals surface area (Å²) in [4.78, 5) is 34.8. The molecule has 0 radical (unpaired) electrons. The fourth-order valence-corrected chi connectivity index (χ4v) is 5.17. The van der Waals surface area contributed by atoms with Gasteiger partial charge in [-0.05, 0) is 55.3 Å². The molecule has 5 aromatic rings. The van der Waals surface area contributed by atoms with Gasteiger partial charge < -0.3 is 15.5 Å². The maximum atomic E-state index is 13.9. The van der Waals surface area contributed by atoms with Crippen LogP contribution in [0.25, 0.3) is 11.0 Å². The zero-order valence-corrected chi connectivity index (χ0v) is 24.6. The maximum Gasteiger partial charge on any atom is 0.268 e. The van der Waals surface area contributed by atoms with Gasteiger partial charge >= 0.3 is 0 Å². The van der Waals surface area contributed by atoms with Gasteiger partial charge in [-0.25, -0.2) is 4.98 Å². The highest BCUT2D eigenvalue weighted by Gasteiger charge is 2.16. The van der Waals surface area contributed by atoms with Crippen LogP contribution >= 0.6 is 0 Å². The van der Waals surface area contributed by atoms with Crippen LogP contribution in [0.1, 0.15) is 47.8 Å². The van der Waals surface area contributed by atoms with Crippen molar-refractivity contribution >= 4 is 28.4 Å². The van der Waals surface area contributed by atoms with Gasteiger partial charge in [0.2, 0.25) is 5.95 Å². The summed E-state index contributed by atoms with van der Waals surface area (Å²) in [6.45, 7) is 10.3. The van der Waals surface area contributed by atoms with E-state index in [1.54, 1.807) is 29.2 Å². The highest BCUT2D eigenvalue weighted by molar-refractivity contribution is 5.78. The molecule has 2 aromatic carbocycles. The van der Waals surface area contributed by atoms with Crippen LogP contribution in [0.15, 0.2) is 78.0 Å². The van der Waals surface area contributed by atoms with Gasteiger partial charge in [-0.3, -0.25) is 19.3 Å². The number of aryl methyl sites for hydroxylation is 1. The zero-order chi connectivity index (χ0) is 29.8. The second-order valence-electron chi connectivity index (χ2n) is 11.0. The lowest BCUT2D eigenvalue weighted by molar-refractivity contribution is 0.589. The van der Waals surface area contributed by atoms with Crippen LogP contribution in [-0.4, -0.2) is 50.7 Å². The van der Waals surface area contributed by atoms with E-state index in [2.05, 4.69) is 68.3 Å². The average molecular weight is 571 g/mol. The standard InChI is InChI=1S/C34H34N8O/c1-23(2)31-30(36-14-15-37-31)22-42-32-27(20-26(33(42)43)9-8-25-6-4-24(3)5-7-25)21-38-34(40-32)39-28-10-12-29(13-11-28)41-18-16-35-17-19-41/h4-7,10-15,20-21,23,35H,16-19,22H2,1-3H3,(H,38,39,40). The third-order valence-corrected chi connectivity index (χ3v) is 7.49. The van der Waals surface area contributed by atoms with Crippen LogP contribution in [-0.2, 0) is 6.54 Å². The maximum absolute atomic E-state index is 13.9. The second-order valence-corrected chi connectivity index (χ2v) is 11.0. The fourth-order valence-electron chi connectivity index (χ4n) is 5.17. The van der Waals surface area contributed by atoms with Gasteiger partial charge in [0.25, 0.3) is 5.56 Å². The number of piperazine rings is 1. The first-order valence-corrected chi connectivity index (χ1v) is 14.6. The molecule has 3 aromatic heterocycles. The highest BCUT2D eigenvalue weighted by Crippen LogP contribution is 2.22. The Bertz CT molecular complexity index is 1860. The van der Waals surface area contributed by atoms with E-state index in [9.17, 15) is 4.79 Å². The molecule has 0 aliphatic carbocycles. The smallest absolute Gasteiger partial charge is 0.268 e. The molecule has 216 valence electrons. The largest absolute Gasteiger partial charge is 0.369 e. The van der Waals surface area contributed by atoms with E-state index in [1.807, 2.05) is 43.3 Å². The number of nitrogens with one attached hydrogen (secondary N) is 2. The van der Waals surface area contributed by atoms with Crippen LogP contribution in [0.2, 0.25) is 0 Å². The van der Waals surface area contributed by atoms with Gasteiger partial charge in [0, 0.05) is 67.1 Å². The van der Waals surface area contributed by atoms with Crippen molar-refractivity contribution in [1.29, 1.82) is 0 Å². The number of hydrogen-bond acceptors (Lipinski definition) is 8. The van der Waals surface area contributed by atoms with Crippen molar-refractivity contribution in [2.24, 2.45) is 0 Å². The topological polar surface area (TPSA) is 101 Å². The molecule has 0 atom stereocenters. The Morgan fingerprint density at radius 3 is 2.44 bits per heavy atom. The third-order valence-electron chi connectivity index (χ3n) is 7.49. The molecule has 1 saturated heterocycles. The van der Waals surface area contributed by atoms with Gasteiger partial charge in [0.15, 0.2) is 0 Å². The molecule has 1 aliphatic heterocycles. The number of anilines is 3. The monoisotopic (exact) mass is 570 g/mol. The Morgan fingerprint density at radius 2 is 1.70 bits per heavy atom. The molecule has 0 bridgehead atoms. The molecule has 0 amide bonds. The molecule has 2 N–H and O–H groups in total. The van der Waals surface area contributed by atoms with Crippen LogP contribution < -0.4 is 21.1 Å². The lowest BCUT2D eigenvalue weighted by Crippen LogP contribution is -2.43. The molecule has 0 saturated carbocycles. The van der Waals surface area contributed by atoms with E-state index in [-0.39, 0.29) is 18.0 Å². The van der Waals surface area contributed by atoms with E-state index in [0.29, 0.717) is 22.5 Å². The Labute approximate surface area is 251 Å². The number of hydrogen-bond donors (Lipinski definition) is 2. The Hall–Kier alpha value is -5.07. The first-order valence-electron chi connectivity index (χ1n) is 14.6. The highest BCUT2D eigenvalue weighted by atomic mass is 16.1. The van der Waals surface area contributed by atoms with Gasteiger partial charge in [0.05, 0.1) is 23.5 Å². The summed E-state index contributed by atoms with van der Waals surface area (Å²) >= 11 is 0. The Balaban J connectivity index is 1.38. The summed E-state index contributed by atoms with van der Waals surface area (Å²) < 4.78 is 1.63. The molecule has 6 rings (SSSR count). The van der Waals surface area contributed by atoms with E-state index >= 15 is 0 Å². The predicted octanol–water partition coefficient (Wildman–Crippen LogP) is 4.61. The molecule has 9 heteroatoms. The van der Waals surface area contributed by atoms with Crippen LogP contribution in [0.5, 0.6) is 0 Å². The normalized spacial score (nSPS) is 13.2. The van der Waals surface area contributed by atoms with Gasteiger partial charge in [-0.15, -0.1) is 0 Å². The van der Waals surface area contributed by atoms with Gasteiger partial charge in [-0.2, -0.15) is 4.98 Å². The van der Waals surface area contributed by atoms with Crippen molar-refractivity contribution < 1.29 is 0 Å². The molecule has 0 spiro atoms. The van der Waals surface area contributed by atoms with Gasteiger partial charge in [-0.1, -0.05) is 43.4 Å². The summed E-state index contributed by atoms with van der Waals surface area (Å²) in [6.07, 6.45) is 5.06. The lowest BCUT2D eigenvalue weighted by atomic mass is 10.1. The van der Waals surface area contributed by atoms with Crippen LogP contribution in [0.3, 0.4) is 0 Å². The second kappa shape index (κ2) is 12.4. The Kier molecular flexibility index (Phi) is 8.11. The van der Waals surface area contributed by atoms with E-state index in [0.717, 1.165) is 54.4 Å². The van der Waals surface area contributed by atoms with Crippen LogP contribution in [0, 0.1) is 18.8 Å². The molecule has 1 fully saturated rings. The summed E-state index contributed by atoms with van der Waals surface area (Å²) in [6, 6.07) is 17.9. The zero-order valence-electron chi connectivity index (χ0n) is 24.6. The summed E-state index contributed by atoms with van der Waals surface area (Å²) in [5.74, 6) is 6.77. The number of rotatable bonds is 6. The van der Waals surface area contributed by atoms with E-state index in [4.69, 9.17) is 4.98 Å². The van der Waals surface area contributed by atoms with Crippen LogP contribution in [0.4, 0.5) is 17.3 Å². The van der Waals surface area contributed by atoms with Crippen molar-refractivity contribution in [2.45, 2.75) is 33.2 Å². The lowest BCUT2D eigenvalue weighted by Gasteiger charge is -2.29. The van der Waals surface area contributed by atoms with Crippen molar-refractivity contribution in [3.8, 4) is 11.8 Å². The molecular weight excluding hydrogens is 536 g/mol. The molecule has 4 heterocycles. The van der Waals surface area contributed by atoms with Crippen molar-refractivity contribution in [1.82, 2.24) is 29.8 Å². The molecule has 9 nitrogen and oxygen atoms in total. The number of pyridine rings is 1. The SMILES string of the molecule is Cc1ccc(C#Cc2cc3cnc(Nc4ccc(N5CCNCC5)cc4)nc3n(Cc3nccnc3C(C)C)c2=O)cc1. The number of nitrogens with zero attached hydrogens (tertiary/aromatic N) is 6. The van der Waals surface area contributed by atoms with Crippen molar-refractivity contribution in [3.05, 3.63) is 112 Å². The molecule has 0 unspecified atom stereocenters. The number of aromatic nitrogens is 5. The van der Waals surface area contributed by atoms with Crippen molar-refractivity contribution in [2.75, 3.05) is 36.4 Å². The van der Waals surface area contributed by atoms with Gasteiger partial charge in [0.1, 0.15) is 5.65 Å². The minimum absolute atomic E-state index is 0.145. The number of fused-ring (bicyclic) bond motifs is 1. The van der Waals surface area contributed by atoms with Crippen molar-refractivity contribution in [3.63, 3.8) is 0 Å². The Morgan fingerprint density at radius 1 is 0.953 bits per heavy atom. The number of benzene rings is 2. The summed E-state index contributed by atoms with van der Waals surface area (Å²) in [5.41, 5.74) is 6.24. The van der Waals surface area contributed by atoms with E-state index < -0.39 is 0 Å². The fraction of sp³-hybridized carbons (Fsp3) is 0.265. The summed E-state index contributed by atoms with van der Waals surface area (Å²) in [7, 11) is 0. The third kappa shape index (κ3) is 6.40. The minimum atomic E-state index is -0.238. The minimum Gasteiger partial charge on any atom is -0.369 e. The predicted molar refractivity (Wildman–Crippen MR) is 171 cm³/mol. The first kappa shape index (κ1) is 28.1. The summed E-state index contributed by atoms with van der Waals surface area (Å²) in [5, 5.41) is 7.40. The molecule has 43 heavy (non-hydrogen) atoms. The first-order chi connectivity index (χ1) is 20.9.